The number of carbonyl (C=O) groups is 2. The van der Waals surface area contributed by atoms with Crippen LogP contribution in [0.25, 0.3) is 22.3 Å². The molecule has 3 aromatic rings. The van der Waals surface area contributed by atoms with Gasteiger partial charge in [0.25, 0.3) is 0 Å². The highest BCUT2D eigenvalue weighted by molar-refractivity contribution is 6.08. The fourth-order valence-corrected chi connectivity index (χ4v) is 2.84. The number of nitrogens with zero attached hydrogens (tertiary/aromatic N) is 2. The van der Waals surface area contributed by atoms with Crippen LogP contribution in [0.4, 0.5) is 0 Å². The number of hydrogen-bond acceptors (Lipinski definition) is 7. The molecule has 28 heavy (non-hydrogen) atoms. The molecular formula is C20H21N3O5. The minimum Gasteiger partial charge on any atom is -0.462 e. The van der Waals surface area contributed by atoms with Crippen LogP contribution in [-0.4, -0.2) is 55.7 Å². The normalized spacial score (nSPS) is 13.3. The van der Waals surface area contributed by atoms with E-state index in [0.29, 0.717) is 33.4 Å². The second-order valence-corrected chi connectivity index (χ2v) is 6.60. The van der Waals surface area contributed by atoms with Crippen molar-refractivity contribution in [2.24, 2.45) is 0 Å². The van der Waals surface area contributed by atoms with Crippen molar-refractivity contribution in [1.82, 2.24) is 15.0 Å². The molecule has 0 bridgehead atoms. The van der Waals surface area contributed by atoms with Gasteiger partial charge in [0.2, 0.25) is 0 Å². The summed E-state index contributed by atoms with van der Waals surface area (Å²) in [5.41, 5.74) is 0.894. The maximum Gasteiger partial charge on any atom is 0.340 e. The molecule has 1 unspecified atom stereocenters. The highest BCUT2D eigenvalue weighted by Crippen LogP contribution is 2.29. The molecule has 0 saturated heterocycles. The van der Waals surface area contributed by atoms with Crippen LogP contribution >= 0.6 is 0 Å². The zero-order valence-electron chi connectivity index (χ0n) is 15.6. The number of Topliss-reactive ketones (excluding diaryl/α,β-unsaturated/α-hetero) is 1. The van der Waals surface area contributed by atoms with E-state index in [-0.39, 0.29) is 13.0 Å². The van der Waals surface area contributed by atoms with Gasteiger partial charge >= 0.3 is 5.97 Å². The van der Waals surface area contributed by atoms with Crippen molar-refractivity contribution in [3.05, 3.63) is 47.9 Å². The summed E-state index contributed by atoms with van der Waals surface area (Å²) in [6, 6.07) is 7.07. The number of aliphatic hydroxyl groups excluding tert-OH is 1. The molecule has 1 aromatic carbocycles. The zero-order chi connectivity index (χ0) is 20.3. The number of H-pyrrole nitrogens is 1. The number of ether oxygens (including phenoxy) is 1. The molecule has 2 heterocycles. The van der Waals surface area contributed by atoms with E-state index in [1.165, 1.54) is 19.4 Å². The second kappa shape index (κ2) is 7.87. The van der Waals surface area contributed by atoms with E-state index >= 15 is 0 Å². The summed E-state index contributed by atoms with van der Waals surface area (Å²) in [4.78, 5) is 35.9. The number of hydrogen-bond donors (Lipinski definition) is 3. The average Bonchev–Trinajstić information content (AvgIpc) is 3.12. The number of ketones is 1. The second-order valence-electron chi connectivity index (χ2n) is 6.60. The number of aromatic nitrogens is 3. The predicted molar refractivity (Wildman–Crippen MR) is 102 cm³/mol. The highest BCUT2D eigenvalue weighted by atomic mass is 16.5. The van der Waals surface area contributed by atoms with Gasteiger partial charge in [0.1, 0.15) is 17.6 Å². The zero-order valence-corrected chi connectivity index (χ0v) is 15.6. The van der Waals surface area contributed by atoms with Crippen molar-refractivity contribution in [3.63, 3.8) is 0 Å². The summed E-state index contributed by atoms with van der Waals surface area (Å²) < 4.78 is 5.10. The Morgan fingerprint density at radius 2 is 2.07 bits per heavy atom. The lowest BCUT2D eigenvalue weighted by atomic mass is 9.94. The molecule has 146 valence electrons. The van der Waals surface area contributed by atoms with Gasteiger partial charge in [0.15, 0.2) is 5.78 Å². The maximum absolute atomic E-state index is 12.3. The van der Waals surface area contributed by atoms with Crippen LogP contribution in [-0.2, 0) is 16.0 Å². The first-order chi connectivity index (χ1) is 13.4. The van der Waals surface area contributed by atoms with Crippen LogP contribution in [0.2, 0.25) is 0 Å². The molecule has 0 aliphatic carbocycles. The monoisotopic (exact) mass is 383 g/mol. The molecule has 2 aromatic heterocycles. The third-order valence-corrected chi connectivity index (χ3v) is 4.44. The quantitative estimate of drug-likeness (QED) is 0.530. The summed E-state index contributed by atoms with van der Waals surface area (Å²) in [5, 5.41) is 19.6. The lowest BCUT2D eigenvalue weighted by Crippen LogP contribution is -2.40. The van der Waals surface area contributed by atoms with Crippen molar-refractivity contribution in [2.75, 3.05) is 13.2 Å². The highest BCUT2D eigenvalue weighted by Gasteiger charge is 2.29. The number of esters is 1. The number of aliphatic hydroxyl groups is 2. The Bertz CT molecular complexity index is 1030. The van der Waals surface area contributed by atoms with Crippen LogP contribution in [0.3, 0.4) is 0 Å². The van der Waals surface area contributed by atoms with Crippen LogP contribution in [0.15, 0.2) is 36.8 Å². The van der Waals surface area contributed by atoms with Crippen molar-refractivity contribution in [3.8, 4) is 11.3 Å². The first-order valence-electron chi connectivity index (χ1n) is 8.82. The van der Waals surface area contributed by atoms with Gasteiger partial charge in [0, 0.05) is 18.2 Å². The molecule has 8 heteroatoms. The van der Waals surface area contributed by atoms with Gasteiger partial charge in [-0.2, -0.15) is 0 Å². The van der Waals surface area contributed by atoms with E-state index < -0.39 is 24.0 Å². The molecule has 0 radical (unpaired) electrons. The molecule has 0 aliphatic heterocycles. The van der Waals surface area contributed by atoms with Gasteiger partial charge < -0.3 is 19.9 Å². The molecule has 1 atom stereocenters. The minimum atomic E-state index is -1.80. The van der Waals surface area contributed by atoms with Crippen molar-refractivity contribution >= 4 is 22.8 Å². The first kappa shape index (κ1) is 19.7. The molecule has 0 aliphatic rings. The Balaban J connectivity index is 2.03. The molecule has 8 nitrogen and oxygen atoms in total. The maximum atomic E-state index is 12.3. The van der Waals surface area contributed by atoms with E-state index in [1.54, 1.807) is 25.1 Å². The van der Waals surface area contributed by atoms with Gasteiger partial charge in [-0.15, -0.1) is 0 Å². The Morgan fingerprint density at radius 1 is 1.29 bits per heavy atom. The van der Waals surface area contributed by atoms with Gasteiger partial charge in [-0.05, 0) is 25.5 Å². The average molecular weight is 383 g/mol. The summed E-state index contributed by atoms with van der Waals surface area (Å²) >= 11 is 0. The van der Waals surface area contributed by atoms with Gasteiger partial charge in [-0.25, -0.2) is 14.8 Å². The molecule has 0 spiro atoms. The fraction of sp³-hybridized carbons (Fsp3) is 0.300. The largest absolute Gasteiger partial charge is 0.462 e. The van der Waals surface area contributed by atoms with Gasteiger partial charge in [0.05, 0.1) is 29.9 Å². The van der Waals surface area contributed by atoms with Crippen molar-refractivity contribution in [2.45, 2.75) is 25.9 Å². The van der Waals surface area contributed by atoms with E-state index in [2.05, 4.69) is 15.0 Å². The summed E-state index contributed by atoms with van der Waals surface area (Å²) in [6.07, 6.45) is 2.87. The number of fused-ring (bicyclic) bond motifs is 1. The number of rotatable bonds is 7. The summed E-state index contributed by atoms with van der Waals surface area (Å²) in [7, 11) is 0. The summed E-state index contributed by atoms with van der Waals surface area (Å²) in [6.45, 7) is 2.60. The predicted octanol–water partition coefficient (Wildman–Crippen LogP) is 1.66. The smallest absolute Gasteiger partial charge is 0.340 e. The van der Waals surface area contributed by atoms with E-state index in [0.717, 1.165) is 0 Å². The molecule has 3 rings (SSSR count). The topological polar surface area (TPSA) is 125 Å². The van der Waals surface area contributed by atoms with Crippen LogP contribution in [0, 0.1) is 0 Å². The molecule has 3 N–H and O–H groups in total. The number of benzene rings is 1. The summed E-state index contributed by atoms with van der Waals surface area (Å²) in [5.74, 6) is -0.969. The van der Waals surface area contributed by atoms with Crippen LogP contribution in [0.1, 0.15) is 29.8 Å². The Morgan fingerprint density at radius 3 is 2.79 bits per heavy atom. The van der Waals surface area contributed by atoms with Crippen LogP contribution in [0.5, 0.6) is 0 Å². The Hall–Kier alpha value is -3.10. The molecule has 0 saturated carbocycles. The van der Waals surface area contributed by atoms with Crippen molar-refractivity contribution < 1.29 is 24.5 Å². The lowest BCUT2D eigenvalue weighted by molar-refractivity contribution is -0.138. The van der Waals surface area contributed by atoms with Crippen LogP contribution < -0.4 is 0 Å². The third-order valence-electron chi connectivity index (χ3n) is 4.44. The Kier molecular flexibility index (Phi) is 5.53. The molecular weight excluding hydrogens is 362 g/mol. The van der Waals surface area contributed by atoms with E-state index in [9.17, 15) is 14.7 Å². The standard InChI is InChI=1S/C20H21N3O5/c1-3-28-19(26)14-9-21-18-16(14)17(22-11-23-18)13-6-4-5-12(7-13)8-15(25)20(2,27)10-24/h4-7,9,11,24,27H,3,8,10H2,1-2H3,(H,21,22,23). The number of nitrogens with one attached hydrogen (secondary N) is 1. The fourth-order valence-electron chi connectivity index (χ4n) is 2.84. The lowest BCUT2D eigenvalue weighted by Gasteiger charge is -2.18. The number of carbonyl (C=O) groups excluding carboxylic acids is 2. The van der Waals surface area contributed by atoms with E-state index in [1.807, 2.05) is 6.07 Å². The first-order valence-corrected chi connectivity index (χ1v) is 8.82. The van der Waals surface area contributed by atoms with E-state index in [4.69, 9.17) is 9.84 Å². The minimum absolute atomic E-state index is 0.0481. The number of aromatic amines is 1. The van der Waals surface area contributed by atoms with Crippen molar-refractivity contribution in [1.29, 1.82) is 0 Å². The Labute approximate surface area is 161 Å². The molecule has 0 amide bonds. The van der Waals surface area contributed by atoms with Gasteiger partial charge in [-0.3, -0.25) is 4.79 Å². The SMILES string of the molecule is CCOC(=O)c1c[nH]c2ncnc(-c3cccc(CC(=O)C(C)(O)CO)c3)c12. The molecule has 0 fully saturated rings. The third kappa shape index (κ3) is 3.78. The van der Waals surface area contributed by atoms with Gasteiger partial charge in [-0.1, -0.05) is 18.2 Å².